The van der Waals surface area contributed by atoms with E-state index in [9.17, 15) is 4.79 Å². The average molecular weight is 278 g/mol. The molecule has 1 aromatic heterocycles. The zero-order valence-corrected chi connectivity index (χ0v) is 12.9. The molecule has 0 bridgehead atoms. The Morgan fingerprint density at radius 2 is 2.05 bits per heavy atom. The Morgan fingerprint density at radius 1 is 1.35 bits per heavy atom. The number of carbonyl (C=O) groups excluding carboxylic acids is 1. The summed E-state index contributed by atoms with van der Waals surface area (Å²) in [6.45, 7) is 8.57. The highest BCUT2D eigenvalue weighted by Gasteiger charge is 2.25. The van der Waals surface area contributed by atoms with Gasteiger partial charge in [0.2, 0.25) is 5.91 Å². The molecule has 1 amide bonds. The smallest absolute Gasteiger partial charge is 0.241 e. The van der Waals surface area contributed by atoms with Gasteiger partial charge < -0.3 is 11.1 Å². The van der Waals surface area contributed by atoms with Crippen molar-refractivity contribution < 1.29 is 4.79 Å². The van der Waals surface area contributed by atoms with E-state index in [0.717, 1.165) is 30.1 Å². The molecule has 20 heavy (non-hydrogen) atoms. The monoisotopic (exact) mass is 278 g/mol. The summed E-state index contributed by atoms with van der Waals surface area (Å²) in [7, 11) is 0. The van der Waals surface area contributed by atoms with Crippen molar-refractivity contribution in [3.05, 3.63) is 11.4 Å². The number of hydrogen-bond acceptors (Lipinski definition) is 3. The first-order valence-corrected chi connectivity index (χ1v) is 7.47. The Hall–Kier alpha value is -1.52. The van der Waals surface area contributed by atoms with E-state index in [0.29, 0.717) is 17.6 Å². The van der Waals surface area contributed by atoms with Crippen LogP contribution in [0.15, 0.2) is 0 Å². The van der Waals surface area contributed by atoms with Gasteiger partial charge in [-0.1, -0.05) is 13.8 Å². The topological polar surface area (TPSA) is 72.9 Å². The fourth-order valence-electron chi connectivity index (χ4n) is 2.95. The third-order valence-electron chi connectivity index (χ3n) is 4.69. The number of nitrogens with two attached hydrogens (primary N) is 1. The summed E-state index contributed by atoms with van der Waals surface area (Å²) in [6.07, 6.45) is 3.35. The number of aryl methyl sites for hydroxylation is 1. The number of nitrogen functional groups attached to an aromatic ring is 1. The van der Waals surface area contributed by atoms with Gasteiger partial charge in [0.15, 0.2) is 0 Å². The second-order valence-electron chi connectivity index (χ2n) is 6.27. The summed E-state index contributed by atoms with van der Waals surface area (Å²) in [5.74, 6) is 1.47. The highest BCUT2D eigenvalue weighted by atomic mass is 16.2. The van der Waals surface area contributed by atoms with E-state index < -0.39 is 0 Å². The molecule has 3 atom stereocenters. The van der Waals surface area contributed by atoms with Crippen molar-refractivity contribution in [3.8, 4) is 0 Å². The van der Waals surface area contributed by atoms with Crippen molar-refractivity contribution in [2.24, 2.45) is 11.8 Å². The van der Waals surface area contributed by atoms with E-state index in [1.165, 1.54) is 6.42 Å². The van der Waals surface area contributed by atoms with E-state index in [2.05, 4.69) is 24.3 Å². The van der Waals surface area contributed by atoms with Crippen molar-refractivity contribution in [3.63, 3.8) is 0 Å². The van der Waals surface area contributed by atoms with Crippen molar-refractivity contribution in [2.45, 2.75) is 59.5 Å². The maximum absolute atomic E-state index is 12.1. The predicted octanol–water partition coefficient (Wildman–Crippen LogP) is 2.02. The molecule has 3 unspecified atom stereocenters. The van der Waals surface area contributed by atoms with Crippen molar-refractivity contribution in [2.75, 3.05) is 5.73 Å². The van der Waals surface area contributed by atoms with Gasteiger partial charge in [-0.3, -0.25) is 9.48 Å². The van der Waals surface area contributed by atoms with E-state index in [1.807, 2.05) is 13.8 Å². The highest BCUT2D eigenvalue weighted by molar-refractivity contribution is 5.76. The van der Waals surface area contributed by atoms with Crippen LogP contribution < -0.4 is 11.1 Å². The molecule has 1 aliphatic rings. The maximum Gasteiger partial charge on any atom is 0.241 e. The predicted molar refractivity (Wildman–Crippen MR) is 80.2 cm³/mol. The molecule has 5 heteroatoms. The Bertz CT molecular complexity index is 494. The molecule has 1 saturated carbocycles. The van der Waals surface area contributed by atoms with Crippen LogP contribution in [0, 0.1) is 25.7 Å². The fourth-order valence-corrected chi connectivity index (χ4v) is 2.95. The standard InChI is InChI=1S/C15H26N4O/c1-9-5-6-13(7-10(9)2)17-14(20)8-19-12(4)15(16)11(3)18-19/h9-10,13H,5-8,16H2,1-4H3,(H,17,20). The van der Waals surface area contributed by atoms with Crippen LogP contribution in [0.2, 0.25) is 0 Å². The first-order chi connectivity index (χ1) is 9.38. The molecule has 0 radical (unpaired) electrons. The minimum atomic E-state index is 0.0300. The van der Waals surface area contributed by atoms with Crippen LogP contribution in [-0.4, -0.2) is 21.7 Å². The first-order valence-electron chi connectivity index (χ1n) is 7.47. The largest absolute Gasteiger partial charge is 0.396 e. The Balaban J connectivity index is 1.91. The third-order valence-corrected chi connectivity index (χ3v) is 4.69. The molecule has 0 saturated heterocycles. The number of rotatable bonds is 3. The second-order valence-corrected chi connectivity index (χ2v) is 6.27. The molecule has 1 heterocycles. The summed E-state index contributed by atoms with van der Waals surface area (Å²) in [5.41, 5.74) is 8.21. The van der Waals surface area contributed by atoms with Gasteiger partial charge in [0, 0.05) is 6.04 Å². The molecule has 3 N–H and O–H groups in total. The van der Waals surface area contributed by atoms with E-state index in [4.69, 9.17) is 5.73 Å². The minimum Gasteiger partial charge on any atom is -0.396 e. The van der Waals surface area contributed by atoms with Crippen LogP contribution in [0.25, 0.3) is 0 Å². The molecule has 0 aromatic carbocycles. The Morgan fingerprint density at radius 3 is 2.60 bits per heavy atom. The number of aromatic nitrogens is 2. The molecule has 112 valence electrons. The van der Waals surface area contributed by atoms with Gasteiger partial charge in [0.05, 0.1) is 17.1 Å². The van der Waals surface area contributed by atoms with Crippen molar-refractivity contribution in [1.82, 2.24) is 15.1 Å². The Labute approximate surface area is 120 Å². The number of carbonyl (C=O) groups is 1. The van der Waals surface area contributed by atoms with E-state index in [-0.39, 0.29) is 12.5 Å². The van der Waals surface area contributed by atoms with Crippen LogP contribution in [0.5, 0.6) is 0 Å². The summed E-state index contributed by atoms with van der Waals surface area (Å²) < 4.78 is 1.69. The normalized spacial score (nSPS) is 26.5. The minimum absolute atomic E-state index is 0.0300. The van der Waals surface area contributed by atoms with Crippen LogP contribution in [0.1, 0.15) is 44.5 Å². The summed E-state index contributed by atoms with van der Waals surface area (Å²) in [6, 6.07) is 0.308. The van der Waals surface area contributed by atoms with Crippen LogP contribution in [0.3, 0.4) is 0 Å². The molecule has 0 spiro atoms. The lowest BCUT2D eigenvalue weighted by molar-refractivity contribution is -0.123. The number of hydrogen-bond donors (Lipinski definition) is 2. The van der Waals surface area contributed by atoms with E-state index >= 15 is 0 Å². The third kappa shape index (κ3) is 3.14. The van der Waals surface area contributed by atoms with Gasteiger partial charge >= 0.3 is 0 Å². The molecule has 1 fully saturated rings. The van der Waals surface area contributed by atoms with Gasteiger partial charge in [-0.15, -0.1) is 0 Å². The van der Waals surface area contributed by atoms with Crippen LogP contribution in [-0.2, 0) is 11.3 Å². The van der Waals surface area contributed by atoms with Gasteiger partial charge in [-0.2, -0.15) is 5.10 Å². The summed E-state index contributed by atoms with van der Waals surface area (Å²) in [4.78, 5) is 12.1. The fraction of sp³-hybridized carbons (Fsp3) is 0.733. The number of nitrogens with one attached hydrogen (secondary N) is 1. The molecule has 1 aliphatic carbocycles. The summed E-state index contributed by atoms with van der Waals surface area (Å²) in [5, 5.41) is 7.43. The number of amides is 1. The lowest BCUT2D eigenvalue weighted by Gasteiger charge is -2.32. The van der Waals surface area contributed by atoms with Gasteiger partial charge in [0.25, 0.3) is 0 Å². The lowest BCUT2D eigenvalue weighted by Crippen LogP contribution is -2.41. The van der Waals surface area contributed by atoms with Gasteiger partial charge in [-0.25, -0.2) is 0 Å². The second kappa shape index (κ2) is 5.85. The maximum atomic E-state index is 12.1. The molecular formula is C15H26N4O. The zero-order valence-electron chi connectivity index (χ0n) is 12.9. The SMILES string of the molecule is Cc1nn(CC(=O)NC2CCC(C)C(C)C2)c(C)c1N. The summed E-state index contributed by atoms with van der Waals surface area (Å²) >= 11 is 0. The van der Waals surface area contributed by atoms with Crippen molar-refractivity contribution >= 4 is 11.6 Å². The van der Waals surface area contributed by atoms with Crippen molar-refractivity contribution in [1.29, 1.82) is 0 Å². The lowest BCUT2D eigenvalue weighted by atomic mass is 9.79. The first kappa shape index (κ1) is 14.9. The molecule has 0 aliphatic heterocycles. The molecule has 2 rings (SSSR count). The Kier molecular flexibility index (Phi) is 4.35. The van der Waals surface area contributed by atoms with Crippen LogP contribution in [0.4, 0.5) is 5.69 Å². The number of nitrogens with zero attached hydrogens (tertiary/aromatic N) is 2. The quantitative estimate of drug-likeness (QED) is 0.888. The van der Waals surface area contributed by atoms with Gasteiger partial charge in [-0.05, 0) is 44.9 Å². The molecular weight excluding hydrogens is 252 g/mol. The number of anilines is 1. The zero-order chi connectivity index (χ0) is 14.9. The molecule has 5 nitrogen and oxygen atoms in total. The van der Waals surface area contributed by atoms with Gasteiger partial charge in [0.1, 0.15) is 6.54 Å². The van der Waals surface area contributed by atoms with E-state index in [1.54, 1.807) is 4.68 Å². The van der Waals surface area contributed by atoms with Crippen LogP contribution >= 0.6 is 0 Å². The highest BCUT2D eigenvalue weighted by Crippen LogP contribution is 2.29. The average Bonchev–Trinajstić information content (AvgIpc) is 2.61. The molecule has 1 aromatic rings.